The van der Waals surface area contributed by atoms with Crippen LogP contribution >= 0.6 is 11.3 Å². The molecule has 0 aliphatic carbocycles. The van der Waals surface area contributed by atoms with E-state index in [1.165, 1.54) is 11.3 Å². The van der Waals surface area contributed by atoms with Gasteiger partial charge >= 0.3 is 11.9 Å². The number of fused-ring (bicyclic) bond motifs is 1. The Kier molecular flexibility index (Phi) is 4.36. The van der Waals surface area contributed by atoms with Gasteiger partial charge < -0.3 is 9.94 Å². The van der Waals surface area contributed by atoms with Gasteiger partial charge in [-0.3, -0.25) is 0 Å². The molecule has 5 nitrogen and oxygen atoms in total. The number of rotatable bonds is 2. The van der Waals surface area contributed by atoms with Crippen molar-refractivity contribution in [3.05, 3.63) is 81.3 Å². The number of aromatic nitrogens is 2. The molecular formula is C20H10F3N3O2S. The van der Waals surface area contributed by atoms with Crippen LogP contribution in [0.15, 0.2) is 60.0 Å². The summed E-state index contributed by atoms with van der Waals surface area (Å²) >= 11 is 1.53. The molecule has 9 heteroatoms. The maximum absolute atomic E-state index is 13.0. The SMILES string of the molecule is N#Cc1c(-c2ccc(-c3cccs3)cc2)[n+](=O)c2ccc(C(F)(F)F)cc2n1[O-]. The third kappa shape index (κ3) is 3.13. The van der Waals surface area contributed by atoms with Gasteiger partial charge in [-0.1, -0.05) is 18.2 Å². The van der Waals surface area contributed by atoms with Crippen LogP contribution in [0.1, 0.15) is 11.3 Å². The largest absolute Gasteiger partial charge is 0.804 e. The van der Waals surface area contributed by atoms with Crippen molar-refractivity contribution >= 4 is 22.4 Å². The first-order chi connectivity index (χ1) is 13.8. The lowest BCUT2D eigenvalue weighted by atomic mass is 10.1. The third-order valence-corrected chi connectivity index (χ3v) is 5.36. The Labute approximate surface area is 165 Å². The molecule has 2 aromatic carbocycles. The minimum absolute atomic E-state index is 0.0709. The highest BCUT2D eigenvalue weighted by Crippen LogP contribution is 2.32. The lowest BCUT2D eigenvalue weighted by Crippen LogP contribution is -2.24. The summed E-state index contributed by atoms with van der Waals surface area (Å²) in [6, 6.07) is 14.4. The van der Waals surface area contributed by atoms with Crippen molar-refractivity contribution in [2.24, 2.45) is 0 Å². The summed E-state index contributed by atoms with van der Waals surface area (Å²) in [4.78, 5) is 13.9. The lowest BCUT2D eigenvalue weighted by Gasteiger charge is -2.16. The van der Waals surface area contributed by atoms with Crippen LogP contribution < -0.4 is 4.43 Å². The predicted octanol–water partition coefficient (Wildman–Crippen LogP) is 5.19. The molecular weight excluding hydrogens is 403 g/mol. The van der Waals surface area contributed by atoms with E-state index in [2.05, 4.69) is 0 Å². The van der Waals surface area contributed by atoms with E-state index in [0.717, 1.165) is 22.6 Å². The number of nitrogens with zero attached hydrogens (tertiary/aromatic N) is 3. The second-order valence-corrected chi connectivity index (χ2v) is 7.10. The van der Waals surface area contributed by atoms with E-state index in [-0.39, 0.29) is 15.9 Å². The zero-order valence-electron chi connectivity index (χ0n) is 14.5. The van der Waals surface area contributed by atoms with E-state index in [0.29, 0.717) is 16.1 Å². The van der Waals surface area contributed by atoms with Crippen LogP contribution in [0.3, 0.4) is 0 Å². The maximum Gasteiger partial charge on any atom is 0.416 e. The van der Waals surface area contributed by atoms with Crippen molar-refractivity contribution in [1.82, 2.24) is 4.73 Å². The fourth-order valence-corrected chi connectivity index (χ4v) is 3.79. The summed E-state index contributed by atoms with van der Waals surface area (Å²) in [6.07, 6.45) is -4.68. The second kappa shape index (κ2) is 6.76. The fraction of sp³-hybridized carbons (Fsp3) is 0.0500. The minimum atomic E-state index is -4.68. The molecule has 2 aromatic heterocycles. The average molecular weight is 413 g/mol. The molecule has 2 heterocycles. The fourth-order valence-electron chi connectivity index (χ4n) is 3.05. The number of alkyl halides is 3. The zero-order valence-corrected chi connectivity index (χ0v) is 15.3. The molecule has 0 N–H and O–H groups in total. The Morgan fingerprint density at radius 2 is 1.76 bits per heavy atom. The Hall–Kier alpha value is -3.64. The molecule has 0 spiro atoms. The predicted molar refractivity (Wildman–Crippen MR) is 103 cm³/mol. The molecule has 0 saturated carbocycles. The van der Waals surface area contributed by atoms with Crippen LogP contribution in [0.5, 0.6) is 0 Å². The normalized spacial score (nSPS) is 11.5. The number of thiophene rings is 1. The van der Waals surface area contributed by atoms with Gasteiger partial charge in [0.25, 0.3) is 5.52 Å². The molecule has 0 aliphatic heterocycles. The summed E-state index contributed by atoms with van der Waals surface area (Å²) in [5.74, 6) is 0. The van der Waals surface area contributed by atoms with Gasteiger partial charge in [-0.2, -0.15) is 18.4 Å². The molecule has 0 saturated heterocycles. The van der Waals surface area contributed by atoms with Crippen molar-refractivity contribution in [3.63, 3.8) is 0 Å². The summed E-state index contributed by atoms with van der Waals surface area (Å²) < 4.78 is 39.3. The molecule has 0 radical (unpaired) electrons. The van der Waals surface area contributed by atoms with Gasteiger partial charge in [0.05, 0.1) is 15.6 Å². The van der Waals surface area contributed by atoms with E-state index in [9.17, 15) is 28.5 Å². The zero-order chi connectivity index (χ0) is 20.8. The quantitative estimate of drug-likeness (QED) is 0.425. The van der Waals surface area contributed by atoms with E-state index in [1.807, 2.05) is 17.5 Å². The van der Waals surface area contributed by atoms with Crippen molar-refractivity contribution in [1.29, 1.82) is 5.26 Å². The van der Waals surface area contributed by atoms with E-state index < -0.39 is 23.0 Å². The summed E-state index contributed by atoms with van der Waals surface area (Å²) in [7, 11) is 0. The Bertz CT molecular complexity index is 1320. The molecule has 0 unspecified atom stereocenters. The Morgan fingerprint density at radius 3 is 2.34 bits per heavy atom. The van der Waals surface area contributed by atoms with Crippen LogP contribution in [0, 0.1) is 21.4 Å². The smallest absolute Gasteiger partial charge is 0.416 e. The van der Waals surface area contributed by atoms with E-state index in [1.54, 1.807) is 30.3 Å². The first-order valence-electron chi connectivity index (χ1n) is 8.25. The van der Waals surface area contributed by atoms with Crippen molar-refractivity contribution in [2.75, 3.05) is 0 Å². The molecule has 0 amide bonds. The van der Waals surface area contributed by atoms with Crippen molar-refractivity contribution in [2.45, 2.75) is 6.18 Å². The molecule has 29 heavy (non-hydrogen) atoms. The number of nitriles is 1. The highest BCUT2D eigenvalue weighted by atomic mass is 32.1. The number of benzene rings is 2. The number of hydrogen-bond donors (Lipinski definition) is 0. The standard InChI is InChI=1S/C20H10F3N3O2S/c21-20(22,23)14-7-8-15-16(10-14)25(27)17(11-24)19(26(15)28)13-5-3-12(4-6-13)18-2-1-9-29-18/h1-10H. The maximum atomic E-state index is 13.0. The van der Waals surface area contributed by atoms with Crippen LogP contribution in [-0.2, 0) is 6.18 Å². The summed E-state index contributed by atoms with van der Waals surface area (Å²) in [6.45, 7) is 0. The van der Waals surface area contributed by atoms with Crippen LogP contribution in [-0.4, -0.2) is 4.73 Å². The van der Waals surface area contributed by atoms with Gasteiger partial charge in [0.1, 0.15) is 11.6 Å². The molecule has 0 bridgehead atoms. The van der Waals surface area contributed by atoms with Crippen LogP contribution in [0.4, 0.5) is 13.2 Å². The first kappa shape index (κ1) is 18.7. The van der Waals surface area contributed by atoms with Crippen LogP contribution in [0.2, 0.25) is 0 Å². The monoisotopic (exact) mass is 413 g/mol. The van der Waals surface area contributed by atoms with Crippen LogP contribution in [0.25, 0.3) is 32.7 Å². The topological polar surface area (TPSA) is 74.8 Å². The number of halogens is 3. The summed E-state index contributed by atoms with van der Waals surface area (Å²) in [5, 5.41) is 24.0. The highest BCUT2D eigenvalue weighted by Gasteiger charge is 2.32. The molecule has 4 rings (SSSR count). The molecule has 0 atom stereocenters. The third-order valence-electron chi connectivity index (χ3n) is 4.44. The molecule has 0 aliphatic rings. The highest BCUT2D eigenvalue weighted by molar-refractivity contribution is 7.13. The number of hydrogen-bond acceptors (Lipinski definition) is 4. The van der Waals surface area contributed by atoms with Gasteiger partial charge in [0.2, 0.25) is 0 Å². The van der Waals surface area contributed by atoms with Gasteiger partial charge in [-0.25, -0.2) is 0 Å². The van der Waals surface area contributed by atoms with Crippen molar-refractivity contribution < 1.29 is 17.6 Å². The van der Waals surface area contributed by atoms with Crippen molar-refractivity contribution in [3.8, 4) is 27.8 Å². The first-order valence-corrected chi connectivity index (χ1v) is 9.13. The Balaban J connectivity index is 1.94. The molecule has 0 fully saturated rings. The molecule has 144 valence electrons. The van der Waals surface area contributed by atoms with E-state index >= 15 is 0 Å². The lowest BCUT2D eigenvalue weighted by molar-refractivity contribution is -0.452. The van der Waals surface area contributed by atoms with Gasteiger partial charge in [-0.15, -0.1) is 11.3 Å². The Morgan fingerprint density at radius 1 is 1.07 bits per heavy atom. The van der Waals surface area contributed by atoms with E-state index in [4.69, 9.17) is 0 Å². The summed E-state index contributed by atoms with van der Waals surface area (Å²) in [5.41, 5.74) is -1.45. The second-order valence-electron chi connectivity index (χ2n) is 6.15. The van der Waals surface area contributed by atoms with Gasteiger partial charge in [0.15, 0.2) is 5.69 Å². The molecule has 4 aromatic rings. The minimum Gasteiger partial charge on any atom is -0.804 e. The van der Waals surface area contributed by atoms with Gasteiger partial charge in [-0.05, 0) is 41.3 Å². The average Bonchev–Trinajstić information content (AvgIpc) is 3.24. The van der Waals surface area contributed by atoms with Gasteiger partial charge in [0, 0.05) is 15.9 Å².